The van der Waals surface area contributed by atoms with E-state index in [1.54, 1.807) is 11.3 Å². The summed E-state index contributed by atoms with van der Waals surface area (Å²) in [6, 6.07) is 9.74. The van der Waals surface area contributed by atoms with Crippen molar-refractivity contribution >= 4 is 28.6 Å². The van der Waals surface area contributed by atoms with Crippen LogP contribution in [0.5, 0.6) is 5.75 Å². The van der Waals surface area contributed by atoms with Crippen LogP contribution in [-0.2, 0) is 0 Å². The van der Waals surface area contributed by atoms with Crippen molar-refractivity contribution in [1.29, 1.82) is 0 Å². The molecule has 2 heterocycles. The molecule has 0 spiro atoms. The van der Waals surface area contributed by atoms with Crippen LogP contribution in [0.15, 0.2) is 41.1 Å². The van der Waals surface area contributed by atoms with Gasteiger partial charge in [-0.15, -0.1) is 11.3 Å². The van der Waals surface area contributed by atoms with Crippen molar-refractivity contribution in [1.82, 2.24) is 10.3 Å². The van der Waals surface area contributed by atoms with E-state index in [4.69, 9.17) is 4.74 Å². The summed E-state index contributed by atoms with van der Waals surface area (Å²) in [7, 11) is 0. The summed E-state index contributed by atoms with van der Waals surface area (Å²) in [6.45, 7) is 6.45. The molecular weight excluding hydrogens is 352 g/mol. The van der Waals surface area contributed by atoms with Gasteiger partial charge in [0.1, 0.15) is 15.6 Å². The molecule has 4 nitrogen and oxygen atoms in total. The van der Waals surface area contributed by atoms with Crippen LogP contribution < -0.4 is 10.1 Å². The number of hydrogen-bond acceptors (Lipinski definition) is 5. The van der Waals surface area contributed by atoms with E-state index in [-0.39, 0.29) is 11.9 Å². The van der Waals surface area contributed by atoms with Crippen LogP contribution in [0.1, 0.15) is 40.8 Å². The van der Waals surface area contributed by atoms with Gasteiger partial charge in [-0.1, -0.05) is 12.1 Å². The van der Waals surface area contributed by atoms with Gasteiger partial charge in [0, 0.05) is 10.9 Å². The summed E-state index contributed by atoms with van der Waals surface area (Å²) in [5, 5.41) is 8.00. The number of aryl methyl sites for hydroxylation is 1. The maximum Gasteiger partial charge on any atom is 0.263 e. The van der Waals surface area contributed by atoms with Crippen LogP contribution in [0, 0.1) is 6.92 Å². The Labute approximate surface area is 155 Å². The molecule has 0 fully saturated rings. The lowest BCUT2D eigenvalue weighted by Gasteiger charge is -2.14. The highest BCUT2D eigenvalue weighted by Gasteiger charge is 2.18. The number of amides is 1. The molecule has 1 amide bonds. The van der Waals surface area contributed by atoms with Crippen LogP contribution in [0.25, 0.3) is 10.6 Å². The average molecular weight is 373 g/mol. The fourth-order valence-corrected chi connectivity index (χ4v) is 4.16. The van der Waals surface area contributed by atoms with Crippen molar-refractivity contribution in [3.05, 3.63) is 57.2 Å². The van der Waals surface area contributed by atoms with Gasteiger partial charge < -0.3 is 10.1 Å². The molecule has 6 heteroatoms. The first-order chi connectivity index (χ1) is 12.1. The summed E-state index contributed by atoms with van der Waals surface area (Å²) in [5.41, 5.74) is 2.87. The van der Waals surface area contributed by atoms with E-state index in [2.05, 4.69) is 10.3 Å². The van der Waals surface area contributed by atoms with Gasteiger partial charge in [-0.2, -0.15) is 11.3 Å². The molecule has 1 atom stereocenters. The lowest BCUT2D eigenvalue weighted by Crippen LogP contribution is -2.26. The third kappa shape index (κ3) is 4.08. The van der Waals surface area contributed by atoms with E-state index in [1.807, 2.05) is 61.9 Å². The molecule has 0 saturated heterocycles. The van der Waals surface area contributed by atoms with Gasteiger partial charge in [-0.25, -0.2) is 4.98 Å². The SMILES string of the molecule is CCOc1ccc([C@@H](C)NC(=O)c2sc(-c3ccsc3)nc2C)cc1. The monoisotopic (exact) mass is 372 g/mol. The van der Waals surface area contributed by atoms with Crippen molar-refractivity contribution in [3.8, 4) is 16.3 Å². The maximum atomic E-state index is 12.6. The molecule has 3 aromatic rings. The molecule has 25 heavy (non-hydrogen) atoms. The van der Waals surface area contributed by atoms with Crippen LogP contribution in [0.3, 0.4) is 0 Å². The molecule has 3 rings (SSSR count). The number of benzene rings is 1. The zero-order valence-corrected chi connectivity index (χ0v) is 16.0. The highest BCUT2D eigenvalue weighted by Crippen LogP contribution is 2.29. The molecular formula is C19H20N2O2S2. The highest BCUT2D eigenvalue weighted by molar-refractivity contribution is 7.17. The quantitative estimate of drug-likeness (QED) is 0.657. The number of thiophene rings is 1. The van der Waals surface area contributed by atoms with Crippen molar-refractivity contribution in [3.63, 3.8) is 0 Å². The topological polar surface area (TPSA) is 51.2 Å². The minimum Gasteiger partial charge on any atom is -0.494 e. The second kappa shape index (κ2) is 7.80. The molecule has 0 aliphatic rings. The number of aromatic nitrogens is 1. The van der Waals surface area contributed by atoms with Crippen LogP contribution in [-0.4, -0.2) is 17.5 Å². The summed E-state index contributed by atoms with van der Waals surface area (Å²) in [4.78, 5) is 17.8. The summed E-state index contributed by atoms with van der Waals surface area (Å²) in [6.07, 6.45) is 0. The van der Waals surface area contributed by atoms with Crippen molar-refractivity contribution in [2.24, 2.45) is 0 Å². The van der Waals surface area contributed by atoms with E-state index < -0.39 is 0 Å². The Bertz CT molecular complexity index is 839. The molecule has 2 aromatic heterocycles. The summed E-state index contributed by atoms with van der Waals surface area (Å²) >= 11 is 3.06. The molecule has 0 radical (unpaired) electrons. The molecule has 0 saturated carbocycles. The number of rotatable bonds is 6. The summed E-state index contributed by atoms with van der Waals surface area (Å²) in [5.74, 6) is 0.751. The number of carbonyl (C=O) groups excluding carboxylic acids is 1. The van der Waals surface area contributed by atoms with Crippen LogP contribution >= 0.6 is 22.7 Å². The second-order valence-corrected chi connectivity index (χ2v) is 7.42. The fraction of sp³-hybridized carbons (Fsp3) is 0.263. The van der Waals surface area contributed by atoms with Crippen LogP contribution in [0.2, 0.25) is 0 Å². The Kier molecular flexibility index (Phi) is 5.50. The van der Waals surface area contributed by atoms with Crippen molar-refractivity contribution in [2.75, 3.05) is 6.61 Å². The largest absolute Gasteiger partial charge is 0.494 e. The van der Waals surface area contributed by atoms with Gasteiger partial charge in [-0.05, 0) is 49.9 Å². The van der Waals surface area contributed by atoms with E-state index in [0.717, 1.165) is 27.6 Å². The standard InChI is InChI=1S/C19H20N2O2S2/c1-4-23-16-7-5-14(6-8-16)12(2)20-18(22)17-13(3)21-19(25-17)15-9-10-24-11-15/h5-12H,4H2,1-3H3,(H,20,22)/t12-/m1/s1. The van der Waals surface area contributed by atoms with E-state index in [0.29, 0.717) is 11.5 Å². The first-order valence-corrected chi connectivity index (χ1v) is 9.88. The summed E-state index contributed by atoms with van der Waals surface area (Å²) < 4.78 is 5.45. The molecule has 0 aliphatic carbocycles. The van der Waals surface area contributed by atoms with Crippen molar-refractivity contribution < 1.29 is 9.53 Å². The van der Waals surface area contributed by atoms with Gasteiger partial charge >= 0.3 is 0 Å². The number of ether oxygens (including phenoxy) is 1. The second-order valence-electron chi connectivity index (χ2n) is 5.64. The maximum absolute atomic E-state index is 12.6. The number of thiazole rings is 1. The van der Waals surface area contributed by atoms with Gasteiger partial charge in [0.25, 0.3) is 5.91 Å². The Balaban J connectivity index is 1.71. The first-order valence-electron chi connectivity index (χ1n) is 8.12. The first kappa shape index (κ1) is 17.6. The fourth-order valence-electron chi connectivity index (χ4n) is 2.48. The van der Waals surface area contributed by atoms with Gasteiger partial charge in [0.05, 0.1) is 18.3 Å². The van der Waals surface area contributed by atoms with E-state index in [1.165, 1.54) is 11.3 Å². The van der Waals surface area contributed by atoms with E-state index in [9.17, 15) is 4.79 Å². The lowest BCUT2D eigenvalue weighted by molar-refractivity contribution is 0.0943. The molecule has 0 aliphatic heterocycles. The predicted octanol–water partition coefficient (Wildman–Crippen LogP) is 5.07. The molecule has 130 valence electrons. The Morgan fingerprint density at radius 2 is 2.04 bits per heavy atom. The molecule has 1 aromatic carbocycles. The van der Waals surface area contributed by atoms with Gasteiger partial charge in [0.2, 0.25) is 0 Å². The third-order valence-corrected chi connectivity index (χ3v) is 5.70. The smallest absolute Gasteiger partial charge is 0.263 e. The van der Waals surface area contributed by atoms with Gasteiger partial charge in [0.15, 0.2) is 0 Å². The predicted molar refractivity (Wildman–Crippen MR) is 104 cm³/mol. The number of nitrogens with zero attached hydrogens (tertiary/aromatic N) is 1. The van der Waals surface area contributed by atoms with Gasteiger partial charge in [-0.3, -0.25) is 4.79 Å². The molecule has 0 unspecified atom stereocenters. The van der Waals surface area contributed by atoms with Crippen LogP contribution in [0.4, 0.5) is 0 Å². The molecule has 1 N–H and O–H groups in total. The Hall–Kier alpha value is -2.18. The number of nitrogens with one attached hydrogen (secondary N) is 1. The average Bonchev–Trinajstić information content (AvgIpc) is 3.25. The zero-order chi connectivity index (χ0) is 17.8. The zero-order valence-electron chi connectivity index (χ0n) is 14.4. The Morgan fingerprint density at radius 3 is 2.68 bits per heavy atom. The number of carbonyl (C=O) groups is 1. The Morgan fingerprint density at radius 1 is 1.28 bits per heavy atom. The minimum absolute atomic E-state index is 0.0853. The highest BCUT2D eigenvalue weighted by atomic mass is 32.1. The third-order valence-electron chi connectivity index (χ3n) is 3.81. The van der Waals surface area contributed by atoms with Crippen molar-refractivity contribution in [2.45, 2.75) is 26.8 Å². The lowest BCUT2D eigenvalue weighted by atomic mass is 10.1. The number of hydrogen-bond donors (Lipinski definition) is 1. The minimum atomic E-state index is -0.0886. The molecule has 0 bridgehead atoms. The normalized spacial score (nSPS) is 12.0. The van der Waals surface area contributed by atoms with E-state index >= 15 is 0 Å².